The molecule has 2 heterocycles. The van der Waals surface area contributed by atoms with Crippen LogP contribution < -0.4 is 5.73 Å². The Kier molecular flexibility index (Phi) is 4.08. The summed E-state index contributed by atoms with van der Waals surface area (Å²) in [6, 6.07) is 14.7. The fourth-order valence-electron chi connectivity index (χ4n) is 2.49. The third kappa shape index (κ3) is 3.07. The zero-order chi connectivity index (χ0) is 16.4. The summed E-state index contributed by atoms with van der Waals surface area (Å²) in [5.74, 6) is -0.507. The van der Waals surface area contributed by atoms with Crippen molar-refractivity contribution in [2.24, 2.45) is 5.73 Å². The van der Waals surface area contributed by atoms with E-state index < -0.39 is 5.91 Å². The Morgan fingerprint density at radius 1 is 1.09 bits per heavy atom. The Bertz CT molecular complexity index is 861. The van der Waals surface area contributed by atoms with Gasteiger partial charge in [-0.2, -0.15) is 0 Å². The van der Waals surface area contributed by atoms with Gasteiger partial charge < -0.3 is 5.73 Å². The number of nitrogens with zero attached hydrogens (tertiary/aromatic N) is 2. The van der Waals surface area contributed by atoms with Crippen molar-refractivity contribution in [3.8, 4) is 22.5 Å². The van der Waals surface area contributed by atoms with Crippen LogP contribution in [0.4, 0.5) is 0 Å². The number of pyridine rings is 2. The monoisotopic (exact) mass is 323 g/mol. The van der Waals surface area contributed by atoms with Gasteiger partial charge in [0.25, 0.3) is 5.91 Å². The number of rotatable bonds is 3. The zero-order valence-corrected chi connectivity index (χ0v) is 13.2. The molecule has 2 aromatic heterocycles. The number of carbonyl (C=O) groups is 1. The summed E-state index contributed by atoms with van der Waals surface area (Å²) in [7, 11) is 0. The summed E-state index contributed by atoms with van der Waals surface area (Å²) in [6.45, 7) is 1.77. The second-order valence-corrected chi connectivity index (χ2v) is 5.54. The molecule has 0 radical (unpaired) electrons. The van der Waals surface area contributed by atoms with E-state index in [1.165, 1.54) is 0 Å². The highest BCUT2D eigenvalue weighted by Gasteiger charge is 2.17. The maximum atomic E-state index is 11.9. The molecule has 2 N–H and O–H groups in total. The van der Waals surface area contributed by atoms with Crippen LogP contribution in [0.1, 0.15) is 16.1 Å². The zero-order valence-electron chi connectivity index (χ0n) is 12.5. The standard InChI is InChI=1S/C18H14ClN3O/c1-11-17(18(20)23)14(12-5-7-13(19)8-6-12)10-16(22-11)15-4-2-3-9-21-15/h2-10H,1H3,(H2,20,23). The highest BCUT2D eigenvalue weighted by molar-refractivity contribution is 6.30. The van der Waals surface area contributed by atoms with Crippen molar-refractivity contribution in [1.29, 1.82) is 0 Å². The van der Waals surface area contributed by atoms with Crippen molar-refractivity contribution < 1.29 is 4.79 Å². The van der Waals surface area contributed by atoms with Crippen LogP contribution in [-0.4, -0.2) is 15.9 Å². The first-order valence-corrected chi connectivity index (χ1v) is 7.43. The van der Waals surface area contributed by atoms with E-state index in [4.69, 9.17) is 17.3 Å². The smallest absolute Gasteiger partial charge is 0.251 e. The minimum atomic E-state index is -0.507. The SMILES string of the molecule is Cc1nc(-c2ccccn2)cc(-c2ccc(Cl)cc2)c1C(N)=O. The summed E-state index contributed by atoms with van der Waals surface area (Å²) in [5, 5.41) is 0.630. The second kappa shape index (κ2) is 6.18. The number of hydrogen-bond acceptors (Lipinski definition) is 3. The van der Waals surface area contributed by atoms with Gasteiger partial charge in [-0.1, -0.05) is 29.8 Å². The Morgan fingerprint density at radius 3 is 2.43 bits per heavy atom. The van der Waals surface area contributed by atoms with E-state index in [9.17, 15) is 4.79 Å². The minimum absolute atomic E-state index is 0.409. The average molecular weight is 324 g/mol. The lowest BCUT2D eigenvalue weighted by Crippen LogP contribution is -2.15. The fourth-order valence-corrected chi connectivity index (χ4v) is 2.61. The lowest BCUT2D eigenvalue weighted by molar-refractivity contribution is 0.1000. The van der Waals surface area contributed by atoms with Crippen molar-refractivity contribution in [3.63, 3.8) is 0 Å². The number of primary amides is 1. The second-order valence-electron chi connectivity index (χ2n) is 5.10. The number of aromatic nitrogens is 2. The molecule has 5 heteroatoms. The van der Waals surface area contributed by atoms with Gasteiger partial charge in [0, 0.05) is 11.2 Å². The Labute approximate surface area is 139 Å². The lowest BCUT2D eigenvalue weighted by Gasteiger charge is -2.12. The van der Waals surface area contributed by atoms with Crippen LogP contribution in [0.15, 0.2) is 54.7 Å². The quantitative estimate of drug-likeness (QED) is 0.795. The largest absolute Gasteiger partial charge is 0.366 e. The van der Waals surface area contributed by atoms with Crippen molar-refractivity contribution in [2.75, 3.05) is 0 Å². The predicted octanol–water partition coefficient (Wildman–Crippen LogP) is 3.87. The van der Waals surface area contributed by atoms with E-state index in [1.54, 1.807) is 25.3 Å². The van der Waals surface area contributed by atoms with Gasteiger partial charge in [-0.25, -0.2) is 0 Å². The van der Waals surface area contributed by atoms with Gasteiger partial charge in [-0.3, -0.25) is 14.8 Å². The Balaban J connectivity index is 2.25. The Morgan fingerprint density at radius 2 is 1.83 bits per heavy atom. The van der Waals surface area contributed by atoms with E-state index in [-0.39, 0.29) is 0 Å². The van der Waals surface area contributed by atoms with Crippen LogP contribution >= 0.6 is 11.6 Å². The molecule has 0 bridgehead atoms. The van der Waals surface area contributed by atoms with E-state index in [0.717, 1.165) is 16.8 Å². The molecule has 4 nitrogen and oxygen atoms in total. The van der Waals surface area contributed by atoms with Crippen molar-refractivity contribution in [3.05, 3.63) is 71.0 Å². The van der Waals surface area contributed by atoms with Gasteiger partial charge in [0.15, 0.2) is 0 Å². The van der Waals surface area contributed by atoms with Gasteiger partial charge in [0.2, 0.25) is 0 Å². The van der Waals surface area contributed by atoms with Crippen LogP contribution in [-0.2, 0) is 0 Å². The molecule has 0 aliphatic heterocycles. The van der Waals surface area contributed by atoms with Crippen molar-refractivity contribution in [2.45, 2.75) is 6.92 Å². The Hall–Kier alpha value is -2.72. The molecule has 1 aromatic carbocycles. The highest BCUT2D eigenvalue weighted by atomic mass is 35.5. The van der Waals surface area contributed by atoms with Gasteiger partial charge >= 0.3 is 0 Å². The molecule has 0 aliphatic rings. The summed E-state index contributed by atoms with van der Waals surface area (Å²) >= 11 is 5.95. The van der Waals surface area contributed by atoms with E-state index >= 15 is 0 Å². The van der Waals surface area contributed by atoms with Gasteiger partial charge in [0.1, 0.15) is 0 Å². The number of hydrogen-bond donors (Lipinski definition) is 1. The number of carbonyl (C=O) groups excluding carboxylic acids is 1. The van der Waals surface area contributed by atoms with Gasteiger partial charge in [0.05, 0.1) is 22.6 Å². The first-order chi connectivity index (χ1) is 11.1. The number of halogens is 1. The van der Waals surface area contributed by atoms with E-state index in [1.807, 2.05) is 36.4 Å². The lowest BCUT2D eigenvalue weighted by atomic mass is 9.97. The summed E-state index contributed by atoms with van der Waals surface area (Å²) in [4.78, 5) is 20.7. The molecule has 0 saturated heterocycles. The average Bonchev–Trinajstić information content (AvgIpc) is 2.55. The number of amides is 1. The molecule has 0 atom stereocenters. The van der Waals surface area contributed by atoms with Crippen molar-refractivity contribution >= 4 is 17.5 Å². The number of nitrogens with two attached hydrogens (primary N) is 1. The molecule has 1 amide bonds. The van der Waals surface area contributed by atoms with Crippen LogP contribution in [0.25, 0.3) is 22.5 Å². The maximum Gasteiger partial charge on any atom is 0.251 e. The number of aryl methyl sites for hydroxylation is 1. The molecule has 3 aromatic rings. The third-order valence-electron chi connectivity index (χ3n) is 3.53. The third-order valence-corrected chi connectivity index (χ3v) is 3.78. The molecule has 0 spiro atoms. The molecule has 0 fully saturated rings. The first-order valence-electron chi connectivity index (χ1n) is 7.05. The van der Waals surface area contributed by atoms with Crippen molar-refractivity contribution in [1.82, 2.24) is 9.97 Å². The molecule has 3 rings (SSSR count). The molecule has 0 saturated carbocycles. The van der Waals surface area contributed by atoms with Crippen LogP contribution in [0.2, 0.25) is 5.02 Å². The molecule has 23 heavy (non-hydrogen) atoms. The van der Waals surface area contributed by atoms with E-state index in [2.05, 4.69) is 9.97 Å². The van der Waals surface area contributed by atoms with Crippen LogP contribution in [0, 0.1) is 6.92 Å². The molecular weight excluding hydrogens is 310 g/mol. The summed E-state index contributed by atoms with van der Waals surface area (Å²) < 4.78 is 0. The normalized spacial score (nSPS) is 10.5. The highest BCUT2D eigenvalue weighted by Crippen LogP contribution is 2.30. The topological polar surface area (TPSA) is 68.9 Å². The van der Waals surface area contributed by atoms with E-state index in [0.29, 0.717) is 22.0 Å². The molecule has 114 valence electrons. The van der Waals surface area contributed by atoms with Crippen LogP contribution in [0.5, 0.6) is 0 Å². The minimum Gasteiger partial charge on any atom is -0.366 e. The molecule has 0 aliphatic carbocycles. The molecular formula is C18H14ClN3O. The van der Waals surface area contributed by atoms with Gasteiger partial charge in [-0.05, 0) is 48.4 Å². The molecule has 0 unspecified atom stereocenters. The first kappa shape index (κ1) is 15.2. The number of benzene rings is 1. The predicted molar refractivity (Wildman–Crippen MR) is 91.2 cm³/mol. The maximum absolute atomic E-state index is 11.9. The fraction of sp³-hybridized carbons (Fsp3) is 0.0556. The summed E-state index contributed by atoms with van der Waals surface area (Å²) in [5.41, 5.74) is 9.54. The van der Waals surface area contributed by atoms with Gasteiger partial charge in [-0.15, -0.1) is 0 Å². The van der Waals surface area contributed by atoms with Crippen LogP contribution in [0.3, 0.4) is 0 Å². The summed E-state index contributed by atoms with van der Waals surface area (Å²) in [6.07, 6.45) is 1.70.